The first kappa shape index (κ1) is 20.5. The Morgan fingerprint density at radius 2 is 1.97 bits per heavy atom. The van der Waals surface area contributed by atoms with Crippen LogP contribution in [-0.4, -0.2) is 35.1 Å². The number of anilines is 1. The number of ketones is 1. The van der Waals surface area contributed by atoms with E-state index >= 15 is 0 Å². The van der Waals surface area contributed by atoms with Crippen molar-refractivity contribution in [3.05, 3.63) is 52.0 Å². The highest BCUT2D eigenvalue weighted by atomic mass is 32.1. The minimum Gasteiger partial charge on any atom is -0.462 e. The Morgan fingerprint density at radius 1 is 1.24 bits per heavy atom. The molecule has 0 radical (unpaired) electrons. The van der Waals surface area contributed by atoms with Crippen molar-refractivity contribution in [2.45, 2.75) is 27.3 Å². The average molecular weight is 412 g/mol. The van der Waals surface area contributed by atoms with E-state index in [9.17, 15) is 19.2 Å². The van der Waals surface area contributed by atoms with Crippen LogP contribution >= 0.6 is 11.3 Å². The molecule has 0 spiro atoms. The number of nitrogens with zero attached hydrogens (tertiary/aromatic N) is 1. The molecule has 0 saturated carbocycles. The van der Waals surface area contributed by atoms with E-state index in [1.54, 1.807) is 24.6 Å². The number of aromatic nitrogens is 1. The lowest BCUT2D eigenvalue weighted by Gasteiger charge is -2.08. The average Bonchev–Trinajstić information content (AvgIpc) is 3.19. The number of hydrogen-bond donors (Lipinski definition) is 1. The minimum absolute atomic E-state index is 0.0526. The number of esters is 1. The maximum atomic E-state index is 12.7. The standard InChI is InChI=1S/C21H20N2O5S/c1-4-28-21(27)18-12(2)19(13(3)25)29-20(18)22-17(26)10-23-9-14(11-24)15-7-5-6-8-16(15)23/h5-9,11H,4,10H2,1-3H3,(H,22,26). The quantitative estimate of drug-likeness (QED) is 0.361. The maximum Gasteiger partial charge on any atom is 0.341 e. The van der Waals surface area contributed by atoms with Crippen LogP contribution in [0.3, 0.4) is 0 Å². The number of carbonyl (C=O) groups excluding carboxylic acids is 4. The van der Waals surface area contributed by atoms with Gasteiger partial charge in [0.15, 0.2) is 12.1 Å². The maximum absolute atomic E-state index is 12.7. The lowest BCUT2D eigenvalue weighted by Crippen LogP contribution is -2.19. The molecular formula is C21H20N2O5S. The highest BCUT2D eigenvalue weighted by Crippen LogP contribution is 2.34. The molecule has 150 valence electrons. The fourth-order valence-electron chi connectivity index (χ4n) is 3.21. The molecule has 0 saturated heterocycles. The van der Waals surface area contributed by atoms with Gasteiger partial charge in [-0.05, 0) is 32.4 Å². The molecule has 0 atom stereocenters. The summed E-state index contributed by atoms with van der Waals surface area (Å²) < 4.78 is 6.75. The molecule has 7 nitrogen and oxygen atoms in total. The van der Waals surface area contributed by atoms with Gasteiger partial charge >= 0.3 is 5.97 Å². The van der Waals surface area contributed by atoms with E-state index in [1.165, 1.54) is 6.92 Å². The number of thiophene rings is 1. The first-order valence-electron chi connectivity index (χ1n) is 9.01. The Bertz CT molecular complexity index is 1130. The molecule has 2 aromatic heterocycles. The summed E-state index contributed by atoms with van der Waals surface area (Å²) in [5, 5.41) is 3.76. The molecule has 8 heteroatoms. The van der Waals surface area contributed by atoms with Gasteiger partial charge < -0.3 is 14.6 Å². The Morgan fingerprint density at radius 3 is 2.62 bits per heavy atom. The topological polar surface area (TPSA) is 94.5 Å². The van der Waals surface area contributed by atoms with Crippen LogP contribution < -0.4 is 5.32 Å². The third kappa shape index (κ3) is 3.97. The number of para-hydroxylation sites is 1. The third-order valence-corrected chi connectivity index (χ3v) is 5.77. The van der Waals surface area contributed by atoms with Gasteiger partial charge in [0.1, 0.15) is 11.5 Å². The number of amides is 1. The van der Waals surface area contributed by atoms with Crippen molar-refractivity contribution in [1.29, 1.82) is 0 Å². The van der Waals surface area contributed by atoms with E-state index in [4.69, 9.17) is 4.74 Å². The molecule has 1 amide bonds. The third-order valence-electron chi connectivity index (χ3n) is 4.46. The predicted molar refractivity (Wildman–Crippen MR) is 111 cm³/mol. The van der Waals surface area contributed by atoms with Crippen molar-refractivity contribution < 1.29 is 23.9 Å². The van der Waals surface area contributed by atoms with Crippen LogP contribution in [0.25, 0.3) is 10.9 Å². The number of nitrogens with one attached hydrogen (secondary N) is 1. The van der Waals surface area contributed by atoms with Gasteiger partial charge in [0.25, 0.3) is 0 Å². The van der Waals surface area contributed by atoms with E-state index in [2.05, 4.69) is 5.32 Å². The van der Waals surface area contributed by atoms with Gasteiger partial charge in [-0.25, -0.2) is 4.79 Å². The Hall–Kier alpha value is -3.26. The molecule has 0 aliphatic heterocycles. The first-order valence-corrected chi connectivity index (χ1v) is 9.83. The lowest BCUT2D eigenvalue weighted by molar-refractivity contribution is -0.116. The number of Topliss-reactive ketones (excluding diaryl/α,β-unsaturated/α-hetero) is 1. The SMILES string of the molecule is CCOC(=O)c1c(NC(=O)Cn2cc(C=O)c3ccccc32)sc(C(C)=O)c1C. The molecule has 2 heterocycles. The zero-order valence-corrected chi connectivity index (χ0v) is 17.1. The summed E-state index contributed by atoms with van der Waals surface area (Å²) in [6.07, 6.45) is 2.36. The van der Waals surface area contributed by atoms with E-state index < -0.39 is 5.97 Å². The van der Waals surface area contributed by atoms with Crippen LogP contribution in [0, 0.1) is 6.92 Å². The molecule has 0 bridgehead atoms. The summed E-state index contributed by atoms with van der Waals surface area (Å²) in [6.45, 7) is 4.88. The molecule has 0 unspecified atom stereocenters. The highest BCUT2D eigenvalue weighted by molar-refractivity contribution is 7.18. The number of carbonyl (C=O) groups is 4. The van der Waals surface area contributed by atoms with Gasteiger partial charge in [0.2, 0.25) is 5.91 Å². The van der Waals surface area contributed by atoms with Gasteiger partial charge in [-0.2, -0.15) is 0 Å². The van der Waals surface area contributed by atoms with E-state index in [1.807, 2.05) is 24.3 Å². The molecule has 0 aliphatic rings. The van der Waals surface area contributed by atoms with Crippen LogP contribution in [0.2, 0.25) is 0 Å². The second kappa shape index (κ2) is 8.40. The molecule has 1 aromatic carbocycles. The smallest absolute Gasteiger partial charge is 0.341 e. The van der Waals surface area contributed by atoms with Gasteiger partial charge in [0.05, 0.1) is 17.0 Å². The van der Waals surface area contributed by atoms with Crippen molar-refractivity contribution in [3.8, 4) is 0 Å². The Kier molecular flexibility index (Phi) is 5.93. The summed E-state index contributed by atoms with van der Waals surface area (Å²) in [6, 6.07) is 7.28. The minimum atomic E-state index is -0.585. The largest absolute Gasteiger partial charge is 0.462 e. The molecular weight excluding hydrogens is 392 g/mol. The van der Waals surface area contributed by atoms with E-state index in [0.717, 1.165) is 28.5 Å². The molecule has 0 fully saturated rings. The van der Waals surface area contributed by atoms with Gasteiger partial charge in [0, 0.05) is 22.7 Å². The zero-order valence-electron chi connectivity index (χ0n) is 16.3. The summed E-state index contributed by atoms with van der Waals surface area (Å²) in [5.41, 5.74) is 1.93. The summed E-state index contributed by atoms with van der Waals surface area (Å²) >= 11 is 1.05. The van der Waals surface area contributed by atoms with Crippen LogP contribution in [0.4, 0.5) is 5.00 Å². The fraction of sp³-hybridized carbons (Fsp3) is 0.238. The number of benzene rings is 1. The Labute approximate surface area is 171 Å². The van der Waals surface area contributed by atoms with Crippen molar-refractivity contribution >= 4 is 51.2 Å². The van der Waals surface area contributed by atoms with Crippen molar-refractivity contribution in [2.75, 3.05) is 11.9 Å². The van der Waals surface area contributed by atoms with Crippen LogP contribution in [-0.2, 0) is 16.1 Å². The molecule has 0 aliphatic carbocycles. The van der Waals surface area contributed by atoms with E-state index in [0.29, 0.717) is 16.0 Å². The first-order chi connectivity index (χ1) is 13.9. The Balaban J connectivity index is 1.91. The van der Waals surface area contributed by atoms with E-state index in [-0.39, 0.29) is 35.4 Å². The number of aldehydes is 1. The number of rotatable bonds is 7. The fourth-order valence-corrected chi connectivity index (χ4v) is 4.31. The van der Waals surface area contributed by atoms with Crippen molar-refractivity contribution in [2.24, 2.45) is 0 Å². The van der Waals surface area contributed by atoms with Crippen LogP contribution in [0.1, 0.15) is 49.8 Å². The van der Waals surface area contributed by atoms with Gasteiger partial charge in [-0.15, -0.1) is 11.3 Å². The lowest BCUT2D eigenvalue weighted by atomic mass is 10.1. The predicted octanol–water partition coefficient (Wildman–Crippen LogP) is 3.84. The summed E-state index contributed by atoms with van der Waals surface area (Å²) in [5.74, 6) is -1.16. The number of hydrogen-bond acceptors (Lipinski definition) is 6. The summed E-state index contributed by atoms with van der Waals surface area (Å²) in [4.78, 5) is 48.6. The van der Waals surface area contributed by atoms with Crippen molar-refractivity contribution in [3.63, 3.8) is 0 Å². The van der Waals surface area contributed by atoms with Gasteiger partial charge in [-0.1, -0.05) is 18.2 Å². The normalized spacial score (nSPS) is 10.7. The highest BCUT2D eigenvalue weighted by Gasteiger charge is 2.25. The number of fused-ring (bicyclic) bond motifs is 1. The van der Waals surface area contributed by atoms with Crippen molar-refractivity contribution in [1.82, 2.24) is 4.57 Å². The monoisotopic (exact) mass is 412 g/mol. The zero-order chi connectivity index (χ0) is 21.1. The van der Waals surface area contributed by atoms with Gasteiger partial charge in [-0.3, -0.25) is 14.4 Å². The van der Waals surface area contributed by atoms with Crippen LogP contribution in [0.5, 0.6) is 0 Å². The summed E-state index contributed by atoms with van der Waals surface area (Å²) in [7, 11) is 0. The second-order valence-corrected chi connectivity index (χ2v) is 7.45. The van der Waals surface area contributed by atoms with Crippen LogP contribution in [0.15, 0.2) is 30.5 Å². The second-order valence-electron chi connectivity index (χ2n) is 6.43. The molecule has 3 rings (SSSR count). The number of ether oxygens (including phenoxy) is 1. The molecule has 29 heavy (non-hydrogen) atoms. The molecule has 3 aromatic rings. The molecule has 1 N–H and O–H groups in total.